The molecule has 0 bridgehead atoms. The molecular formula is C14H18FNO3. The average Bonchev–Trinajstić information content (AvgIpc) is 2.39. The van der Waals surface area contributed by atoms with Crippen LogP contribution in [0.3, 0.4) is 0 Å². The van der Waals surface area contributed by atoms with Gasteiger partial charge in [0.2, 0.25) is 0 Å². The van der Waals surface area contributed by atoms with Crippen LogP contribution < -0.4 is 4.90 Å². The molecule has 0 aromatic heterocycles. The molecule has 1 unspecified atom stereocenters. The maximum Gasteiger partial charge on any atom is 0.338 e. The van der Waals surface area contributed by atoms with Crippen LogP contribution in [0.4, 0.5) is 10.1 Å². The van der Waals surface area contributed by atoms with Crippen molar-refractivity contribution in [2.75, 3.05) is 31.7 Å². The van der Waals surface area contributed by atoms with Gasteiger partial charge in [0.25, 0.3) is 0 Å². The van der Waals surface area contributed by atoms with Crippen molar-refractivity contribution in [2.24, 2.45) is 5.92 Å². The highest BCUT2D eigenvalue weighted by molar-refractivity contribution is 5.88. The van der Waals surface area contributed by atoms with Gasteiger partial charge >= 0.3 is 5.97 Å². The van der Waals surface area contributed by atoms with Crippen molar-refractivity contribution < 1.29 is 19.0 Å². The predicted molar refractivity (Wildman–Crippen MR) is 70.2 cm³/mol. The highest BCUT2D eigenvalue weighted by Gasteiger charge is 2.17. The van der Waals surface area contributed by atoms with E-state index in [-0.39, 0.29) is 5.56 Å². The van der Waals surface area contributed by atoms with E-state index in [2.05, 4.69) is 0 Å². The number of nitrogens with zero attached hydrogens (tertiary/aromatic N) is 1. The van der Waals surface area contributed by atoms with Crippen LogP contribution in [-0.4, -0.2) is 37.9 Å². The Hall–Kier alpha value is -1.62. The smallest absolute Gasteiger partial charge is 0.338 e. The molecule has 0 amide bonds. The van der Waals surface area contributed by atoms with Gasteiger partial charge < -0.3 is 14.7 Å². The normalized spacial score (nSPS) is 19.2. The van der Waals surface area contributed by atoms with Crippen LogP contribution >= 0.6 is 0 Å². The molecule has 5 heteroatoms. The Balaban J connectivity index is 2.04. The van der Waals surface area contributed by atoms with Gasteiger partial charge in [-0.1, -0.05) is 0 Å². The minimum absolute atomic E-state index is 0.293. The summed E-state index contributed by atoms with van der Waals surface area (Å²) in [5, 5.41) is 8.79. The molecule has 2 rings (SSSR count). The van der Waals surface area contributed by atoms with Crippen LogP contribution in [0.2, 0.25) is 0 Å². The maximum absolute atomic E-state index is 13.6. The number of hydrogen-bond acceptors (Lipinski definition) is 3. The van der Waals surface area contributed by atoms with E-state index in [0.717, 1.165) is 32.6 Å². The molecule has 1 atom stereocenters. The molecule has 1 heterocycles. The van der Waals surface area contributed by atoms with E-state index in [9.17, 15) is 9.18 Å². The van der Waals surface area contributed by atoms with Crippen LogP contribution in [0.25, 0.3) is 0 Å². The SMILES string of the molecule is CN(CC1CCCOC1)c1ccc(C(=O)O)c(F)c1. The summed E-state index contributed by atoms with van der Waals surface area (Å²) in [4.78, 5) is 12.7. The number of carboxylic acids is 1. The second-order valence-electron chi connectivity index (χ2n) is 4.93. The molecule has 1 aliphatic heterocycles. The largest absolute Gasteiger partial charge is 0.478 e. The Morgan fingerprint density at radius 3 is 2.95 bits per heavy atom. The third-order valence-electron chi connectivity index (χ3n) is 3.41. The summed E-state index contributed by atoms with van der Waals surface area (Å²) in [5.74, 6) is -1.50. The fourth-order valence-electron chi connectivity index (χ4n) is 2.36. The number of ether oxygens (including phenoxy) is 1. The quantitative estimate of drug-likeness (QED) is 0.910. The average molecular weight is 267 g/mol. The lowest BCUT2D eigenvalue weighted by Crippen LogP contribution is -2.30. The molecule has 1 aromatic rings. The molecule has 0 aliphatic carbocycles. The standard InChI is InChI=1S/C14H18FNO3/c1-16(8-10-3-2-6-19-9-10)11-4-5-12(14(17)18)13(15)7-11/h4-5,7,10H,2-3,6,8-9H2,1H3,(H,17,18). The molecular weight excluding hydrogens is 249 g/mol. The van der Waals surface area contributed by atoms with Crippen molar-refractivity contribution >= 4 is 11.7 Å². The van der Waals surface area contributed by atoms with Gasteiger partial charge in [-0.3, -0.25) is 0 Å². The summed E-state index contributed by atoms with van der Waals surface area (Å²) in [6.07, 6.45) is 2.17. The first-order valence-corrected chi connectivity index (χ1v) is 6.39. The number of carbonyl (C=O) groups is 1. The number of benzene rings is 1. The Morgan fingerprint density at radius 2 is 2.37 bits per heavy atom. The molecule has 0 spiro atoms. The van der Waals surface area contributed by atoms with Crippen LogP contribution in [-0.2, 0) is 4.74 Å². The van der Waals surface area contributed by atoms with E-state index < -0.39 is 11.8 Å². The second kappa shape index (κ2) is 6.02. The zero-order chi connectivity index (χ0) is 13.8. The van der Waals surface area contributed by atoms with Crippen molar-refractivity contribution in [3.63, 3.8) is 0 Å². The number of aromatic carboxylic acids is 1. The molecule has 104 valence electrons. The first kappa shape index (κ1) is 13.8. The lowest BCUT2D eigenvalue weighted by molar-refractivity contribution is 0.0576. The van der Waals surface area contributed by atoms with Gasteiger partial charge in [0, 0.05) is 25.9 Å². The number of halogens is 1. The summed E-state index contributed by atoms with van der Waals surface area (Å²) in [6, 6.07) is 4.21. The lowest BCUT2D eigenvalue weighted by atomic mass is 10.0. The first-order valence-electron chi connectivity index (χ1n) is 6.39. The maximum atomic E-state index is 13.6. The van der Waals surface area contributed by atoms with Crippen molar-refractivity contribution in [1.82, 2.24) is 0 Å². The van der Waals surface area contributed by atoms with Gasteiger partial charge in [0.1, 0.15) is 5.82 Å². The molecule has 0 saturated carbocycles. The Bertz CT molecular complexity index is 458. The minimum Gasteiger partial charge on any atom is -0.478 e. The number of anilines is 1. The second-order valence-corrected chi connectivity index (χ2v) is 4.93. The number of rotatable bonds is 4. The monoisotopic (exact) mass is 267 g/mol. The molecule has 4 nitrogen and oxygen atoms in total. The highest BCUT2D eigenvalue weighted by atomic mass is 19.1. The summed E-state index contributed by atoms with van der Waals surface area (Å²) in [5.41, 5.74) is 0.395. The summed E-state index contributed by atoms with van der Waals surface area (Å²) >= 11 is 0. The van der Waals surface area contributed by atoms with Crippen LogP contribution in [0.5, 0.6) is 0 Å². The molecule has 1 aliphatic rings. The molecule has 0 radical (unpaired) electrons. The zero-order valence-corrected chi connectivity index (χ0v) is 10.9. The van der Waals surface area contributed by atoms with Gasteiger partial charge in [0.05, 0.1) is 12.2 Å². The van der Waals surface area contributed by atoms with Gasteiger partial charge in [-0.05, 0) is 37.0 Å². The van der Waals surface area contributed by atoms with Crippen molar-refractivity contribution in [3.05, 3.63) is 29.6 Å². The third-order valence-corrected chi connectivity index (χ3v) is 3.41. The minimum atomic E-state index is -1.24. The van der Waals surface area contributed by atoms with E-state index in [1.54, 1.807) is 6.07 Å². The summed E-state index contributed by atoms with van der Waals surface area (Å²) in [7, 11) is 1.88. The van der Waals surface area contributed by atoms with Gasteiger partial charge in [-0.2, -0.15) is 0 Å². The molecule has 1 N–H and O–H groups in total. The summed E-state index contributed by atoms with van der Waals surface area (Å²) in [6.45, 7) is 2.34. The van der Waals surface area contributed by atoms with Crippen molar-refractivity contribution in [2.45, 2.75) is 12.8 Å². The van der Waals surface area contributed by atoms with Gasteiger partial charge in [-0.15, -0.1) is 0 Å². The third kappa shape index (κ3) is 3.44. The number of carboxylic acid groups (broad SMARTS) is 1. The van der Waals surface area contributed by atoms with E-state index >= 15 is 0 Å². The van der Waals surface area contributed by atoms with E-state index in [1.165, 1.54) is 12.1 Å². The van der Waals surface area contributed by atoms with E-state index in [4.69, 9.17) is 9.84 Å². The van der Waals surface area contributed by atoms with Crippen LogP contribution in [0.15, 0.2) is 18.2 Å². The fourth-order valence-corrected chi connectivity index (χ4v) is 2.36. The lowest BCUT2D eigenvalue weighted by Gasteiger charge is -2.28. The Morgan fingerprint density at radius 1 is 1.58 bits per heavy atom. The molecule has 1 saturated heterocycles. The molecule has 1 aromatic carbocycles. The van der Waals surface area contributed by atoms with Crippen LogP contribution in [0.1, 0.15) is 23.2 Å². The topological polar surface area (TPSA) is 49.8 Å². The van der Waals surface area contributed by atoms with Gasteiger partial charge in [-0.25, -0.2) is 9.18 Å². The Labute approximate surface area is 111 Å². The van der Waals surface area contributed by atoms with E-state index in [0.29, 0.717) is 11.6 Å². The number of hydrogen-bond donors (Lipinski definition) is 1. The van der Waals surface area contributed by atoms with Crippen molar-refractivity contribution in [3.8, 4) is 0 Å². The predicted octanol–water partition coefficient (Wildman–Crippen LogP) is 2.39. The first-order chi connectivity index (χ1) is 9.08. The van der Waals surface area contributed by atoms with Crippen molar-refractivity contribution in [1.29, 1.82) is 0 Å². The van der Waals surface area contributed by atoms with Gasteiger partial charge in [0.15, 0.2) is 0 Å². The molecule has 1 fully saturated rings. The molecule has 19 heavy (non-hydrogen) atoms. The van der Waals surface area contributed by atoms with Crippen LogP contribution in [0, 0.1) is 11.7 Å². The van der Waals surface area contributed by atoms with E-state index in [1.807, 2.05) is 11.9 Å². The summed E-state index contributed by atoms with van der Waals surface area (Å²) < 4.78 is 19.0. The fraction of sp³-hybridized carbons (Fsp3) is 0.500. The highest BCUT2D eigenvalue weighted by Crippen LogP contribution is 2.21. The zero-order valence-electron chi connectivity index (χ0n) is 10.9. The Kier molecular flexibility index (Phi) is 4.37.